The van der Waals surface area contributed by atoms with Crippen LogP contribution in [0.4, 0.5) is 11.4 Å². The molecule has 0 fully saturated rings. The van der Waals surface area contributed by atoms with Gasteiger partial charge in [0, 0.05) is 16.8 Å². The summed E-state index contributed by atoms with van der Waals surface area (Å²) in [7, 11) is -4.92. The van der Waals surface area contributed by atoms with E-state index in [0.717, 1.165) is 6.07 Å². The van der Waals surface area contributed by atoms with E-state index in [1.165, 1.54) is 17.1 Å². The number of rotatable bonds is 4. The van der Waals surface area contributed by atoms with Gasteiger partial charge in [0.05, 0.1) is 17.1 Å². The van der Waals surface area contributed by atoms with E-state index in [2.05, 4.69) is 15.3 Å². The van der Waals surface area contributed by atoms with Gasteiger partial charge < -0.3 is 9.66 Å². The van der Waals surface area contributed by atoms with Crippen LogP contribution in [-0.4, -0.2) is 35.7 Å². The summed E-state index contributed by atoms with van der Waals surface area (Å²) in [6.45, 7) is 1.65. The molecule has 0 bridgehead atoms. The Labute approximate surface area is 200 Å². The van der Waals surface area contributed by atoms with Crippen molar-refractivity contribution in [2.24, 2.45) is 15.3 Å². The number of nitrogens with zero attached hydrogens (tertiary/aromatic N) is 4. The van der Waals surface area contributed by atoms with Crippen molar-refractivity contribution in [3.63, 3.8) is 0 Å². The molecule has 1 atom stereocenters. The average molecular weight is 446 g/mol. The number of amides is 1. The van der Waals surface area contributed by atoms with Crippen LogP contribution in [0.25, 0.3) is 10.8 Å². The number of azo groups is 1. The van der Waals surface area contributed by atoms with Crippen LogP contribution in [0.3, 0.4) is 0 Å². The van der Waals surface area contributed by atoms with E-state index in [9.17, 15) is 22.9 Å². The number of hydrogen-bond acceptors (Lipinski definition) is 8. The number of hydrazone groups is 1. The molecule has 1 N–H and O–H groups in total. The number of hydrogen-bond donors (Lipinski definition) is 1. The van der Waals surface area contributed by atoms with Crippen molar-refractivity contribution in [3.8, 4) is 5.75 Å². The first-order valence-corrected chi connectivity index (χ1v) is 10.2. The van der Waals surface area contributed by atoms with Gasteiger partial charge in [-0.1, -0.05) is 42.5 Å². The quantitative estimate of drug-likeness (QED) is 0.350. The van der Waals surface area contributed by atoms with Gasteiger partial charge in [0.15, 0.2) is 6.04 Å². The summed E-state index contributed by atoms with van der Waals surface area (Å²) in [5.41, 5.74) is 1.14. The average Bonchev–Trinajstić information content (AvgIpc) is 2.99. The minimum absolute atomic E-state index is 0. The summed E-state index contributed by atoms with van der Waals surface area (Å²) >= 11 is 0. The maximum atomic E-state index is 12.7. The van der Waals surface area contributed by atoms with Crippen molar-refractivity contribution in [3.05, 3.63) is 60.7 Å². The third kappa shape index (κ3) is 4.39. The van der Waals surface area contributed by atoms with Crippen molar-refractivity contribution in [1.82, 2.24) is 0 Å². The SMILES string of the molecule is CC1=NN(c2ccccc2)C(=O)C1N=Nc1cc(O)c(S(=O)(=O)[O-])c2ccccc12.[Na+]. The number of aromatic hydroxyl groups is 1. The van der Waals surface area contributed by atoms with Gasteiger partial charge in [-0.2, -0.15) is 20.3 Å². The number of anilines is 1. The Morgan fingerprint density at radius 3 is 2.32 bits per heavy atom. The van der Waals surface area contributed by atoms with E-state index < -0.39 is 32.7 Å². The van der Waals surface area contributed by atoms with Crippen molar-refractivity contribution < 1.29 is 52.4 Å². The number of para-hydroxylation sites is 1. The van der Waals surface area contributed by atoms with Crippen LogP contribution in [0.15, 0.2) is 80.9 Å². The first-order chi connectivity index (χ1) is 14.3. The second kappa shape index (κ2) is 8.85. The largest absolute Gasteiger partial charge is 1.00 e. The number of phenols is 1. The second-order valence-corrected chi connectivity index (χ2v) is 7.91. The van der Waals surface area contributed by atoms with Crippen LogP contribution in [-0.2, 0) is 14.9 Å². The van der Waals surface area contributed by atoms with Crippen LogP contribution in [0.2, 0.25) is 0 Å². The zero-order chi connectivity index (χ0) is 21.5. The molecule has 4 rings (SSSR count). The fourth-order valence-corrected chi connectivity index (χ4v) is 3.99. The van der Waals surface area contributed by atoms with E-state index in [1.807, 2.05) is 6.07 Å². The van der Waals surface area contributed by atoms with Crippen LogP contribution in [0.1, 0.15) is 6.92 Å². The van der Waals surface area contributed by atoms with Gasteiger partial charge in [0.2, 0.25) is 0 Å². The summed E-state index contributed by atoms with van der Waals surface area (Å²) in [4.78, 5) is 12.0. The number of fused-ring (bicyclic) bond motifs is 1. The monoisotopic (exact) mass is 446 g/mol. The van der Waals surface area contributed by atoms with Gasteiger partial charge in [0.25, 0.3) is 5.91 Å². The van der Waals surface area contributed by atoms with E-state index in [-0.39, 0.29) is 40.6 Å². The smallest absolute Gasteiger partial charge is 0.744 e. The van der Waals surface area contributed by atoms with Crippen LogP contribution in [0, 0.1) is 0 Å². The standard InChI is InChI=1S/C20H16N4O5S.Na/c1-12-18(20(26)24(23-12)13-7-3-2-4-8-13)22-21-16-11-17(25)19(30(27,28)29)15-10-6-5-9-14(15)16;/h2-11,18,25H,1H3,(H,27,28,29);/q;+1/p-1. The molecule has 0 aromatic heterocycles. The summed E-state index contributed by atoms with van der Waals surface area (Å²) in [5, 5.41) is 24.1. The molecule has 11 heteroatoms. The first-order valence-electron chi connectivity index (χ1n) is 8.83. The zero-order valence-corrected chi connectivity index (χ0v) is 19.4. The Morgan fingerprint density at radius 1 is 1.06 bits per heavy atom. The molecule has 152 valence electrons. The van der Waals surface area contributed by atoms with Gasteiger partial charge in [0.1, 0.15) is 20.8 Å². The van der Waals surface area contributed by atoms with Crippen LogP contribution < -0.4 is 34.6 Å². The van der Waals surface area contributed by atoms with Crippen LogP contribution in [0.5, 0.6) is 5.75 Å². The summed E-state index contributed by atoms with van der Waals surface area (Å²) in [6.07, 6.45) is 0. The molecule has 0 spiro atoms. The van der Waals surface area contributed by atoms with Crippen molar-refractivity contribution in [2.75, 3.05) is 5.01 Å². The summed E-state index contributed by atoms with van der Waals surface area (Å²) in [5.74, 6) is -1.12. The van der Waals surface area contributed by atoms with E-state index >= 15 is 0 Å². The molecule has 3 aromatic rings. The van der Waals surface area contributed by atoms with Gasteiger partial charge in [-0.25, -0.2) is 8.42 Å². The molecule has 1 unspecified atom stereocenters. The number of benzene rings is 3. The Morgan fingerprint density at radius 2 is 1.68 bits per heavy atom. The topological polar surface area (TPSA) is 135 Å². The van der Waals surface area contributed by atoms with Crippen molar-refractivity contribution in [2.45, 2.75) is 17.9 Å². The maximum absolute atomic E-state index is 12.7. The fraction of sp³-hybridized carbons (Fsp3) is 0.100. The number of phenolic OH excluding ortho intramolecular Hbond substituents is 1. The van der Waals surface area contributed by atoms with E-state index in [4.69, 9.17) is 0 Å². The Balaban J connectivity index is 0.00000272. The zero-order valence-electron chi connectivity index (χ0n) is 16.6. The third-order valence-electron chi connectivity index (χ3n) is 4.58. The van der Waals surface area contributed by atoms with Gasteiger partial charge in [-0.15, -0.1) is 0 Å². The number of carbonyl (C=O) groups excluding carboxylic acids is 1. The molecule has 0 aliphatic carbocycles. The molecule has 0 radical (unpaired) electrons. The molecular weight excluding hydrogens is 431 g/mol. The van der Waals surface area contributed by atoms with Gasteiger partial charge >= 0.3 is 29.6 Å². The Hall–Kier alpha value is -2.63. The van der Waals surface area contributed by atoms with Crippen molar-refractivity contribution in [1.29, 1.82) is 0 Å². The molecular formula is C20H15N4NaO5S. The molecule has 31 heavy (non-hydrogen) atoms. The molecule has 0 saturated carbocycles. The molecule has 1 heterocycles. The number of carbonyl (C=O) groups is 1. The minimum Gasteiger partial charge on any atom is -0.744 e. The van der Waals surface area contributed by atoms with Crippen molar-refractivity contribution >= 4 is 43.9 Å². The third-order valence-corrected chi connectivity index (χ3v) is 5.51. The first kappa shape index (κ1) is 23.0. The summed E-state index contributed by atoms with van der Waals surface area (Å²) < 4.78 is 34.7. The molecule has 9 nitrogen and oxygen atoms in total. The summed E-state index contributed by atoms with van der Waals surface area (Å²) in [6, 6.07) is 15.0. The molecule has 1 aliphatic heterocycles. The van der Waals surface area contributed by atoms with E-state index in [0.29, 0.717) is 16.8 Å². The van der Waals surface area contributed by atoms with Gasteiger partial charge in [-0.05, 0) is 19.1 Å². The maximum Gasteiger partial charge on any atom is 1.00 e. The fourth-order valence-electron chi connectivity index (χ4n) is 3.22. The molecule has 1 aliphatic rings. The van der Waals surface area contributed by atoms with Crippen LogP contribution >= 0.6 is 0 Å². The predicted octanol–water partition coefficient (Wildman–Crippen LogP) is 0.328. The Bertz CT molecular complexity index is 1330. The minimum atomic E-state index is -4.92. The van der Waals surface area contributed by atoms with Gasteiger partial charge in [-0.3, -0.25) is 4.79 Å². The van der Waals surface area contributed by atoms with E-state index in [1.54, 1.807) is 43.3 Å². The predicted molar refractivity (Wildman–Crippen MR) is 109 cm³/mol. The molecule has 0 saturated heterocycles. The Kier molecular flexibility index (Phi) is 6.58. The molecule has 1 amide bonds. The normalized spacial score (nSPS) is 16.6. The molecule has 3 aromatic carbocycles. The second-order valence-electron chi connectivity index (χ2n) is 6.59.